The standard InChI is InChI=1S/C8H11N.C6H8N2.C5H6N2/c1-2-5-8-6-3-4-7-9-8;7-5-6-3-1-2-4-8-6;6-5-3-1-2-4-7-5/h3-4,6-7H,2,5H2,1H3;1-4H,5,7H2;1-4H,(H2,6,7). The number of nitrogen functional groups attached to an aromatic ring is 1. The summed E-state index contributed by atoms with van der Waals surface area (Å²) >= 11 is 0. The highest BCUT2D eigenvalue weighted by Crippen LogP contribution is 1.96. The molecule has 0 aromatic carbocycles. The first-order valence-electron chi connectivity index (χ1n) is 7.92. The van der Waals surface area contributed by atoms with Crippen LogP contribution in [-0.2, 0) is 13.0 Å². The van der Waals surface area contributed by atoms with Crippen LogP contribution in [0.1, 0.15) is 24.7 Å². The van der Waals surface area contributed by atoms with Crippen molar-refractivity contribution in [3.05, 3.63) is 84.6 Å². The summed E-state index contributed by atoms with van der Waals surface area (Å²) in [5.74, 6) is 0.572. The lowest BCUT2D eigenvalue weighted by Crippen LogP contribution is -1.97. The summed E-state index contributed by atoms with van der Waals surface area (Å²) in [7, 11) is 0. The quantitative estimate of drug-likeness (QED) is 0.772. The van der Waals surface area contributed by atoms with Crippen LogP contribution >= 0.6 is 0 Å². The first kappa shape index (κ1) is 19.3. The molecule has 3 rings (SSSR count). The van der Waals surface area contributed by atoms with E-state index in [1.807, 2.05) is 48.7 Å². The molecule has 0 aliphatic carbocycles. The molecule has 0 fully saturated rings. The SMILES string of the molecule is CCCc1ccccn1.NCc1ccccn1.Nc1ccccn1. The molecule has 0 unspecified atom stereocenters. The highest BCUT2D eigenvalue weighted by molar-refractivity contribution is 5.25. The fourth-order valence-corrected chi connectivity index (χ4v) is 1.70. The van der Waals surface area contributed by atoms with Gasteiger partial charge in [0.2, 0.25) is 0 Å². The van der Waals surface area contributed by atoms with E-state index in [4.69, 9.17) is 11.5 Å². The third kappa shape index (κ3) is 9.27. The number of anilines is 1. The van der Waals surface area contributed by atoms with Crippen LogP contribution in [0.25, 0.3) is 0 Å². The molecule has 0 aliphatic heterocycles. The van der Waals surface area contributed by atoms with E-state index in [-0.39, 0.29) is 0 Å². The molecule has 0 aliphatic rings. The van der Waals surface area contributed by atoms with Crippen molar-refractivity contribution in [1.82, 2.24) is 15.0 Å². The van der Waals surface area contributed by atoms with Gasteiger partial charge in [0.15, 0.2) is 0 Å². The molecular weight excluding hydrogens is 298 g/mol. The number of nitrogens with zero attached hydrogens (tertiary/aromatic N) is 3. The summed E-state index contributed by atoms with van der Waals surface area (Å²) in [4.78, 5) is 11.9. The van der Waals surface area contributed by atoms with Gasteiger partial charge in [-0.2, -0.15) is 0 Å². The van der Waals surface area contributed by atoms with Gasteiger partial charge in [-0.05, 0) is 42.8 Å². The van der Waals surface area contributed by atoms with Gasteiger partial charge in [-0.1, -0.05) is 31.5 Å². The van der Waals surface area contributed by atoms with Crippen LogP contribution in [0.3, 0.4) is 0 Å². The molecule has 0 atom stereocenters. The Morgan fingerprint density at radius 3 is 1.58 bits per heavy atom. The number of hydrogen-bond acceptors (Lipinski definition) is 5. The molecule has 3 aromatic rings. The van der Waals surface area contributed by atoms with Gasteiger partial charge in [-0.15, -0.1) is 0 Å². The zero-order chi connectivity index (χ0) is 17.5. The molecule has 0 bridgehead atoms. The summed E-state index contributed by atoms with van der Waals surface area (Å²) in [6.45, 7) is 2.69. The molecule has 4 N–H and O–H groups in total. The highest BCUT2D eigenvalue weighted by atomic mass is 14.8. The van der Waals surface area contributed by atoms with Gasteiger partial charge in [0.05, 0.1) is 5.69 Å². The Balaban J connectivity index is 0.000000181. The van der Waals surface area contributed by atoms with Gasteiger partial charge in [0.25, 0.3) is 0 Å². The molecule has 0 saturated heterocycles. The number of pyridine rings is 3. The molecule has 126 valence electrons. The normalized spacial score (nSPS) is 9.08. The van der Waals surface area contributed by atoms with E-state index in [1.54, 1.807) is 18.5 Å². The maximum Gasteiger partial charge on any atom is 0.123 e. The first-order chi connectivity index (χ1) is 11.8. The Bertz CT molecular complexity index is 630. The molecule has 0 radical (unpaired) electrons. The van der Waals surface area contributed by atoms with E-state index >= 15 is 0 Å². The first-order valence-corrected chi connectivity index (χ1v) is 7.92. The Hall–Kier alpha value is -2.79. The Kier molecular flexibility index (Phi) is 10.2. The van der Waals surface area contributed by atoms with Crippen molar-refractivity contribution in [3.8, 4) is 0 Å². The van der Waals surface area contributed by atoms with Crippen molar-refractivity contribution < 1.29 is 0 Å². The van der Waals surface area contributed by atoms with Gasteiger partial charge in [0.1, 0.15) is 5.82 Å². The summed E-state index contributed by atoms with van der Waals surface area (Å²) < 4.78 is 0. The minimum Gasteiger partial charge on any atom is -0.384 e. The predicted octanol–water partition coefficient (Wildman–Crippen LogP) is 3.24. The average molecular weight is 323 g/mol. The Morgan fingerprint density at radius 2 is 1.29 bits per heavy atom. The van der Waals surface area contributed by atoms with E-state index in [1.165, 1.54) is 12.1 Å². The van der Waals surface area contributed by atoms with E-state index < -0.39 is 0 Å². The molecule has 0 saturated carbocycles. The van der Waals surface area contributed by atoms with E-state index in [2.05, 4.69) is 27.9 Å². The van der Waals surface area contributed by atoms with Crippen LogP contribution in [0.4, 0.5) is 5.82 Å². The molecular formula is C19H25N5. The maximum atomic E-state index is 5.29. The topological polar surface area (TPSA) is 90.7 Å². The van der Waals surface area contributed by atoms with Crippen molar-refractivity contribution in [1.29, 1.82) is 0 Å². The smallest absolute Gasteiger partial charge is 0.123 e. The molecule has 3 aromatic heterocycles. The molecule has 0 amide bonds. The largest absolute Gasteiger partial charge is 0.384 e. The van der Waals surface area contributed by atoms with Gasteiger partial charge < -0.3 is 11.5 Å². The Labute approximate surface area is 143 Å². The third-order valence-electron chi connectivity index (χ3n) is 2.86. The summed E-state index contributed by atoms with van der Waals surface area (Å²) in [5.41, 5.74) is 12.7. The van der Waals surface area contributed by atoms with Crippen molar-refractivity contribution in [3.63, 3.8) is 0 Å². The lowest BCUT2D eigenvalue weighted by atomic mass is 10.2. The van der Waals surface area contributed by atoms with E-state index in [9.17, 15) is 0 Å². The lowest BCUT2D eigenvalue weighted by Gasteiger charge is -1.92. The monoisotopic (exact) mass is 323 g/mol. The summed E-state index contributed by atoms with van der Waals surface area (Å²) in [6.07, 6.45) is 7.51. The number of hydrogen-bond donors (Lipinski definition) is 2. The second-order valence-electron chi connectivity index (χ2n) is 4.85. The Morgan fingerprint density at radius 1 is 0.750 bits per heavy atom. The minimum absolute atomic E-state index is 0.529. The van der Waals surface area contributed by atoms with Gasteiger partial charge in [-0.25, -0.2) is 4.98 Å². The summed E-state index contributed by atoms with van der Waals surface area (Å²) in [6, 6.07) is 17.2. The van der Waals surface area contributed by atoms with E-state index in [0.717, 1.165) is 12.1 Å². The number of aromatic nitrogens is 3. The van der Waals surface area contributed by atoms with E-state index in [0.29, 0.717) is 12.4 Å². The average Bonchev–Trinajstić information content (AvgIpc) is 2.65. The molecule has 3 heterocycles. The van der Waals surface area contributed by atoms with Crippen molar-refractivity contribution in [2.75, 3.05) is 5.73 Å². The van der Waals surface area contributed by atoms with Gasteiger partial charge in [0, 0.05) is 30.8 Å². The molecule has 24 heavy (non-hydrogen) atoms. The predicted molar refractivity (Wildman–Crippen MR) is 99.0 cm³/mol. The van der Waals surface area contributed by atoms with Crippen LogP contribution in [0, 0.1) is 0 Å². The van der Waals surface area contributed by atoms with Crippen LogP contribution in [0.5, 0.6) is 0 Å². The second-order valence-corrected chi connectivity index (χ2v) is 4.85. The number of aryl methyl sites for hydroxylation is 1. The van der Waals surface area contributed by atoms with Crippen LogP contribution in [0.2, 0.25) is 0 Å². The van der Waals surface area contributed by atoms with Gasteiger partial charge >= 0.3 is 0 Å². The zero-order valence-corrected chi connectivity index (χ0v) is 14.0. The maximum absolute atomic E-state index is 5.29. The lowest BCUT2D eigenvalue weighted by molar-refractivity contribution is 0.883. The fourth-order valence-electron chi connectivity index (χ4n) is 1.70. The highest BCUT2D eigenvalue weighted by Gasteiger charge is 1.86. The third-order valence-corrected chi connectivity index (χ3v) is 2.86. The minimum atomic E-state index is 0.529. The van der Waals surface area contributed by atoms with Crippen LogP contribution in [0.15, 0.2) is 73.2 Å². The van der Waals surface area contributed by atoms with Crippen molar-refractivity contribution >= 4 is 5.82 Å². The van der Waals surface area contributed by atoms with Gasteiger partial charge in [-0.3, -0.25) is 9.97 Å². The van der Waals surface area contributed by atoms with Crippen molar-refractivity contribution in [2.24, 2.45) is 5.73 Å². The molecule has 0 spiro atoms. The molecule has 5 nitrogen and oxygen atoms in total. The number of nitrogens with two attached hydrogens (primary N) is 2. The van der Waals surface area contributed by atoms with Crippen molar-refractivity contribution in [2.45, 2.75) is 26.3 Å². The molecule has 5 heteroatoms. The zero-order valence-electron chi connectivity index (χ0n) is 14.0. The van der Waals surface area contributed by atoms with Crippen LogP contribution < -0.4 is 11.5 Å². The second kappa shape index (κ2) is 12.7. The summed E-state index contributed by atoms with van der Waals surface area (Å²) in [5, 5.41) is 0. The van der Waals surface area contributed by atoms with Crippen LogP contribution in [-0.4, -0.2) is 15.0 Å². The fraction of sp³-hybridized carbons (Fsp3) is 0.211. The number of rotatable bonds is 3.